The Bertz CT molecular complexity index is 676. The number of para-hydroxylation sites is 1. The van der Waals surface area contributed by atoms with Gasteiger partial charge in [-0.2, -0.15) is 0 Å². The second-order valence-electron chi connectivity index (χ2n) is 5.30. The van der Waals surface area contributed by atoms with Crippen LogP contribution in [0.2, 0.25) is 0 Å². The van der Waals surface area contributed by atoms with E-state index in [1.54, 1.807) is 42.7 Å². The fourth-order valence-electron chi connectivity index (χ4n) is 2.46. The molecule has 23 heavy (non-hydrogen) atoms. The third kappa shape index (κ3) is 3.78. The van der Waals surface area contributed by atoms with Crippen LogP contribution in [0.1, 0.15) is 29.0 Å². The Hall–Kier alpha value is -2.60. The number of ether oxygens (including phenoxy) is 1. The number of hydrogen-bond donors (Lipinski definition) is 2. The van der Waals surface area contributed by atoms with Crippen molar-refractivity contribution in [2.45, 2.75) is 25.5 Å². The molecule has 1 aliphatic rings. The molecular weight excluding hydrogens is 296 g/mol. The summed E-state index contributed by atoms with van der Waals surface area (Å²) in [6, 6.07) is 10.4. The summed E-state index contributed by atoms with van der Waals surface area (Å²) in [6.45, 7) is 0.892. The summed E-state index contributed by atoms with van der Waals surface area (Å²) >= 11 is 0. The van der Waals surface area contributed by atoms with Crippen LogP contribution < -0.4 is 10.6 Å². The number of amides is 2. The van der Waals surface area contributed by atoms with Gasteiger partial charge in [-0.1, -0.05) is 12.1 Å². The fourth-order valence-corrected chi connectivity index (χ4v) is 2.46. The van der Waals surface area contributed by atoms with Gasteiger partial charge in [-0.05, 0) is 37.1 Å². The van der Waals surface area contributed by atoms with Crippen LogP contribution >= 0.6 is 0 Å². The molecule has 1 aromatic heterocycles. The molecule has 0 saturated carbocycles. The van der Waals surface area contributed by atoms with E-state index in [2.05, 4.69) is 10.6 Å². The number of nitrogens with one attached hydrogen (secondary N) is 2. The second-order valence-corrected chi connectivity index (χ2v) is 5.30. The molecule has 6 nitrogen and oxygen atoms in total. The smallest absolute Gasteiger partial charge is 0.253 e. The summed E-state index contributed by atoms with van der Waals surface area (Å²) in [4.78, 5) is 24.5. The number of rotatable bonds is 5. The van der Waals surface area contributed by atoms with Crippen molar-refractivity contribution in [1.29, 1.82) is 0 Å². The monoisotopic (exact) mass is 314 g/mol. The molecule has 1 fully saturated rings. The molecule has 1 saturated heterocycles. The maximum Gasteiger partial charge on any atom is 0.253 e. The van der Waals surface area contributed by atoms with Crippen molar-refractivity contribution < 1.29 is 18.7 Å². The molecular formula is C17H18N2O4. The minimum atomic E-state index is -0.436. The van der Waals surface area contributed by atoms with Crippen LogP contribution in [-0.4, -0.2) is 24.5 Å². The molecule has 0 spiro atoms. The van der Waals surface area contributed by atoms with Gasteiger partial charge in [0.05, 0.1) is 24.1 Å². The van der Waals surface area contributed by atoms with Gasteiger partial charge in [0.15, 0.2) is 0 Å². The van der Waals surface area contributed by atoms with Crippen molar-refractivity contribution in [2.24, 2.45) is 0 Å². The summed E-state index contributed by atoms with van der Waals surface area (Å²) in [6.07, 6.45) is 2.70. The quantitative estimate of drug-likeness (QED) is 0.887. The molecule has 2 amide bonds. The van der Waals surface area contributed by atoms with E-state index >= 15 is 0 Å². The SMILES string of the molecule is O=C(NCc1ccco1)c1ccccc1NC(=O)C1CCCO1. The van der Waals surface area contributed by atoms with Crippen molar-refractivity contribution in [3.63, 3.8) is 0 Å². The van der Waals surface area contributed by atoms with Crippen molar-refractivity contribution in [3.05, 3.63) is 54.0 Å². The molecule has 2 N–H and O–H groups in total. The maximum absolute atomic E-state index is 12.3. The number of furan rings is 1. The lowest BCUT2D eigenvalue weighted by atomic mass is 10.1. The van der Waals surface area contributed by atoms with Gasteiger partial charge < -0.3 is 19.8 Å². The van der Waals surface area contributed by atoms with Gasteiger partial charge in [0, 0.05) is 6.61 Å². The van der Waals surface area contributed by atoms with Crippen LogP contribution in [0.5, 0.6) is 0 Å². The van der Waals surface area contributed by atoms with Gasteiger partial charge >= 0.3 is 0 Å². The Labute approximate surface area is 133 Å². The first-order valence-electron chi connectivity index (χ1n) is 7.56. The molecule has 1 atom stereocenters. The third-order valence-corrected chi connectivity index (χ3v) is 3.65. The van der Waals surface area contributed by atoms with Crippen LogP contribution in [-0.2, 0) is 16.1 Å². The van der Waals surface area contributed by atoms with E-state index in [9.17, 15) is 9.59 Å². The van der Waals surface area contributed by atoms with Crippen molar-refractivity contribution in [2.75, 3.05) is 11.9 Å². The van der Waals surface area contributed by atoms with Crippen molar-refractivity contribution in [3.8, 4) is 0 Å². The first kappa shape index (κ1) is 15.3. The molecule has 3 rings (SSSR count). The number of carbonyl (C=O) groups is 2. The van der Waals surface area contributed by atoms with Crippen LogP contribution in [0.3, 0.4) is 0 Å². The number of hydrogen-bond acceptors (Lipinski definition) is 4. The molecule has 6 heteroatoms. The molecule has 0 bridgehead atoms. The zero-order valence-electron chi connectivity index (χ0n) is 12.6. The van der Waals surface area contributed by atoms with E-state index in [-0.39, 0.29) is 11.8 Å². The Morgan fingerprint density at radius 3 is 2.78 bits per heavy atom. The van der Waals surface area contributed by atoms with E-state index in [0.717, 1.165) is 6.42 Å². The second kappa shape index (κ2) is 7.11. The maximum atomic E-state index is 12.3. The Morgan fingerprint density at radius 2 is 2.04 bits per heavy atom. The highest BCUT2D eigenvalue weighted by Crippen LogP contribution is 2.18. The van der Waals surface area contributed by atoms with Gasteiger partial charge in [-0.15, -0.1) is 0 Å². The molecule has 1 aliphatic heterocycles. The first-order valence-corrected chi connectivity index (χ1v) is 7.56. The molecule has 1 aromatic carbocycles. The minimum Gasteiger partial charge on any atom is -0.467 e. The average molecular weight is 314 g/mol. The van der Waals surface area contributed by atoms with E-state index in [0.29, 0.717) is 36.6 Å². The highest BCUT2D eigenvalue weighted by Gasteiger charge is 2.24. The molecule has 1 unspecified atom stereocenters. The van der Waals surface area contributed by atoms with Gasteiger partial charge in [-0.25, -0.2) is 0 Å². The molecule has 2 heterocycles. The number of carbonyl (C=O) groups excluding carboxylic acids is 2. The van der Waals surface area contributed by atoms with Crippen molar-refractivity contribution >= 4 is 17.5 Å². The standard InChI is InChI=1S/C17H18N2O4/c20-16(18-11-12-5-3-9-22-12)13-6-1-2-7-14(13)19-17(21)15-8-4-10-23-15/h1-3,5-7,9,15H,4,8,10-11H2,(H,18,20)(H,19,21). The van der Waals surface area contributed by atoms with E-state index < -0.39 is 6.10 Å². The average Bonchev–Trinajstić information content (AvgIpc) is 3.26. The zero-order chi connectivity index (χ0) is 16.1. The van der Waals surface area contributed by atoms with Crippen LogP contribution in [0.25, 0.3) is 0 Å². The summed E-state index contributed by atoms with van der Waals surface area (Å²) in [5, 5.41) is 5.55. The fraction of sp³-hybridized carbons (Fsp3) is 0.294. The lowest BCUT2D eigenvalue weighted by Gasteiger charge is -2.13. The van der Waals surface area contributed by atoms with Crippen LogP contribution in [0.4, 0.5) is 5.69 Å². The summed E-state index contributed by atoms with van der Waals surface area (Å²) in [7, 11) is 0. The Morgan fingerprint density at radius 1 is 1.17 bits per heavy atom. The van der Waals surface area contributed by atoms with E-state index in [4.69, 9.17) is 9.15 Å². The van der Waals surface area contributed by atoms with Crippen LogP contribution in [0.15, 0.2) is 47.1 Å². The van der Waals surface area contributed by atoms with Gasteiger partial charge in [0.2, 0.25) is 0 Å². The predicted molar refractivity (Wildman–Crippen MR) is 83.9 cm³/mol. The van der Waals surface area contributed by atoms with Gasteiger partial charge in [0.1, 0.15) is 11.9 Å². The van der Waals surface area contributed by atoms with Crippen molar-refractivity contribution in [1.82, 2.24) is 5.32 Å². The molecule has 0 aliphatic carbocycles. The van der Waals surface area contributed by atoms with Crippen LogP contribution in [0, 0.1) is 0 Å². The first-order chi connectivity index (χ1) is 11.2. The molecule has 2 aromatic rings. The number of anilines is 1. The number of benzene rings is 1. The van der Waals surface area contributed by atoms with E-state index in [1.165, 1.54) is 0 Å². The Balaban J connectivity index is 1.66. The summed E-state index contributed by atoms with van der Waals surface area (Å²) in [5.74, 6) is 0.178. The molecule has 120 valence electrons. The largest absolute Gasteiger partial charge is 0.467 e. The lowest BCUT2D eigenvalue weighted by Crippen LogP contribution is -2.29. The predicted octanol–water partition coefficient (Wildman–Crippen LogP) is 2.33. The summed E-state index contributed by atoms with van der Waals surface area (Å²) in [5.41, 5.74) is 0.885. The zero-order valence-corrected chi connectivity index (χ0v) is 12.6. The van der Waals surface area contributed by atoms with E-state index in [1.807, 2.05) is 0 Å². The molecule has 0 radical (unpaired) electrons. The highest BCUT2D eigenvalue weighted by molar-refractivity contribution is 6.04. The minimum absolute atomic E-state index is 0.214. The third-order valence-electron chi connectivity index (χ3n) is 3.65. The Kier molecular flexibility index (Phi) is 4.73. The van der Waals surface area contributed by atoms with Gasteiger partial charge in [0.25, 0.3) is 11.8 Å². The topological polar surface area (TPSA) is 80.6 Å². The highest BCUT2D eigenvalue weighted by atomic mass is 16.5. The normalized spacial score (nSPS) is 17.0. The lowest BCUT2D eigenvalue weighted by molar-refractivity contribution is -0.124. The van der Waals surface area contributed by atoms with Gasteiger partial charge in [-0.3, -0.25) is 9.59 Å². The summed E-state index contributed by atoms with van der Waals surface area (Å²) < 4.78 is 10.5.